The van der Waals surface area contributed by atoms with Crippen LogP contribution in [0.3, 0.4) is 0 Å². The van der Waals surface area contributed by atoms with Crippen LogP contribution < -0.4 is 10.5 Å². The average molecular weight is 551 g/mol. The number of halogens is 4. The maximum absolute atomic E-state index is 13.0. The quantitative estimate of drug-likeness (QED) is 0.287. The van der Waals surface area contributed by atoms with Crippen molar-refractivity contribution in [2.24, 2.45) is 0 Å². The van der Waals surface area contributed by atoms with E-state index >= 15 is 0 Å². The second-order valence-electron chi connectivity index (χ2n) is 8.67. The highest BCUT2D eigenvalue weighted by Gasteiger charge is 2.30. The summed E-state index contributed by atoms with van der Waals surface area (Å²) in [5.74, 6) is 0.0451. The highest BCUT2D eigenvalue weighted by Crippen LogP contribution is 2.35. The lowest BCUT2D eigenvalue weighted by atomic mass is 10.1. The molecule has 37 heavy (non-hydrogen) atoms. The number of benzene rings is 2. The normalized spacial score (nSPS) is 14.7. The van der Waals surface area contributed by atoms with Crippen LogP contribution in [0.2, 0.25) is 5.02 Å². The van der Waals surface area contributed by atoms with E-state index < -0.39 is 17.5 Å². The molecule has 2 aromatic heterocycles. The summed E-state index contributed by atoms with van der Waals surface area (Å²) in [7, 11) is 0. The third-order valence-electron chi connectivity index (χ3n) is 6.07. The number of aromatic nitrogens is 3. The number of hydrogen-bond donors (Lipinski definition) is 1. The second-order valence-corrected chi connectivity index (χ2v) is 10.2. The number of hydrogen-bond acceptors (Lipinski definition) is 7. The molecule has 0 atom stereocenters. The first-order valence-corrected chi connectivity index (χ1v) is 12.8. The Morgan fingerprint density at radius 2 is 1.86 bits per heavy atom. The van der Waals surface area contributed by atoms with E-state index in [9.17, 15) is 18.0 Å². The fourth-order valence-electron chi connectivity index (χ4n) is 4.15. The first-order chi connectivity index (χ1) is 17.8. The molecule has 1 fully saturated rings. The zero-order valence-electron chi connectivity index (χ0n) is 19.5. The number of alkyl halides is 3. The molecule has 1 aliphatic heterocycles. The summed E-state index contributed by atoms with van der Waals surface area (Å²) in [5, 5.41) is 4.61. The van der Waals surface area contributed by atoms with Crippen molar-refractivity contribution in [2.75, 3.05) is 13.1 Å². The van der Waals surface area contributed by atoms with E-state index in [0.717, 1.165) is 48.6 Å². The number of aromatic amines is 1. The minimum atomic E-state index is -4.39. The summed E-state index contributed by atoms with van der Waals surface area (Å²) < 4.78 is 49.5. The predicted octanol–water partition coefficient (Wildman–Crippen LogP) is 6.39. The van der Waals surface area contributed by atoms with Crippen LogP contribution in [-0.4, -0.2) is 33.1 Å². The minimum absolute atomic E-state index is 0.217. The zero-order valence-corrected chi connectivity index (χ0v) is 21.1. The maximum Gasteiger partial charge on any atom is 0.439 e. The van der Waals surface area contributed by atoms with Gasteiger partial charge in [0.05, 0.1) is 21.2 Å². The van der Waals surface area contributed by atoms with E-state index in [-0.39, 0.29) is 12.4 Å². The lowest BCUT2D eigenvalue weighted by Gasteiger charge is -2.25. The van der Waals surface area contributed by atoms with Crippen molar-refractivity contribution in [3.05, 3.63) is 74.2 Å². The van der Waals surface area contributed by atoms with Gasteiger partial charge in [-0.25, -0.2) is 9.78 Å². The molecule has 5 rings (SSSR count). The van der Waals surface area contributed by atoms with Crippen LogP contribution in [0.1, 0.15) is 35.4 Å². The van der Waals surface area contributed by atoms with Crippen molar-refractivity contribution in [1.82, 2.24) is 20.0 Å². The third kappa shape index (κ3) is 6.06. The van der Waals surface area contributed by atoms with Crippen LogP contribution in [-0.2, 0) is 19.3 Å². The van der Waals surface area contributed by atoms with Crippen molar-refractivity contribution in [2.45, 2.75) is 38.6 Å². The molecule has 0 spiro atoms. The van der Waals surface area contributed by atoms with Crippen LogP contribution in [0.4, 0.5) is 13.2 Å². The van der Waals surface area contributed by atoms with Gasteiger partial charge in [-0.1, -0.05) is 35.3 Å². The molecule has 1 aliphatic rings. The Bertz CT molecular complexity index is 1430. The van der Waals surface area contributed by atoms with Gasteiger partial charge >= 0.3 is 11.9 Å². The third-order valence-corrected chi connectivity index (χ3v) is 7.50. The Hall–Kier alpha value is -3.15. The monoisotopic (exact) mass is 550 g/mol. The number of piperidine rings is 1. The highest BCUT2D eigenvalue weighted by atomic mass is 35.5. The number of H-pyrrole nitrogens is 1. The van der Waals surface area contributed by atoms with Crippen LogP contribution in [0.15, 0.2) is 51.8 Å². The first kappa shape index (κ1) is 25.5. The average Bonchev–Trinajstić information content (AvgIpc) is 3.49. The Morgan fingerprint density at radius 3 is 2.51 bits per heavy atom. The molecular formula is C25H22ClF3N4O3S. The van der Waals surface area contributed by atoms with E-state index in [1.165, 1.54) is 29.9 Å². The van der Waals surface area contributed by atoms with Gasteiger partial charge in [-0.3, -0.25) is 14.4 Å². The van der Waals surface area contributed by atoms with Crippen LogP contribution >= 0.6 is 22.9 Å². The van der Waals surface area contributed by atoms with Gasteiger partial charge in [-0.2, -0.15) is 13.2 Å². The molecule has 0 aliphatic carbocycles. The largest absolute Gasteiger partial charge is 0.488 e. The summed E-state index contributed by atoms with van der Waals surface area (Å²) in [6, 6.07) is 10.0. The molecule has 0 unspecified atom stereocenters. The van der Waals surface area contributed by atoms with E-state index in [4.69, 9.17) is 21.3 Å². The molecule has 12 heteroatoms. The fourth-order valence-corrected chi connectivity index (χ4v) is 5.40. The molecule has 3 heterocycles. The lowest BCUT2D eigenvalue weighted by molar-refractivity contribution is -0.137. The molecular weight excluding hydrogens is 529 g/mol. The minimum Gasteiger partial charge on any atom is -0.488 e. The van der Waals surface area contributed by atoms with Crippen LogP contribution in [0, 0.1) is 0 Å². The van der Waals surface area contributed by atoms with Gasteiger partial charge in [0.1, 0.15) is 17.4 Å². The Labute approximate surface area is 218 Å². The number of nitrogens with one attached hydrogen (secondary N) is 1. The first-order valence-electron chi connectivity index (χ1n) is 11.6. The molecule has 0 amide bonds. The predicted molar refractivity (Wildman–Crippen MR) is 134 cm³/mol. The Balaban J connectivity index is 1.37. The number of ether oxygens (including phenoxy) is 1. The number of rotatable bonds is 7. The van der Waals surface area contributed by atoms with Crippen molar-refractivity contribution >= 4 is 22.9 Å². The van der Waals surface area contributed by atoms with E-state index in [2.05, 4.69) is 19.6 Å². The molecule has 0 bridgehead atoms. The number of thiazole rings is 1. The lowest BCUT2D eigenvalue weighted by Crippen LogP contribution is -2.29. The highest BCUT2D eigenvalue weighted by molar-refractivity contribution is 7.15. The summed E-state index contributed by atoms with van der Waals surface area (Å²) >= 11 is 7.77. The van der Waals surface area contributed by atoms with Gasteiger partial charge in [0.15, 0.2) is 5.82 Å². The van der Waals surface area contributed by atoms with Gasteiger partial charge in [0.25, 0.3) is 0 Å². The van der Waals surface area contributed by atoms with Gasteiger partial charge in [-0.15, -0.1) is 11.3 Å². The van der Waals surface area contributed by atoms with Crippen molar-refractivity contribution in [1.29, 1.82) is 0 Å². The zero-order chi connectivity index (χ0) is 26.0. The second kappa shape index (κ2) is 10.7. The van der Waals surface area contributed by atoms with Crippen LogP contribution in [0.25, 0.3) is 22.0 Å². The smallest absolute Gasteiger partial charge is 0.439 e. The fraction of sp³-hybridized carbons (Fsp3) is 0.320. The molecule has 2 aromatic carbocycles. The van der Waals surface area contributed by atoms with Gasteiger partial charge < -0.3 is 4.74 Å². The van der Waals surface area contributed by atoms with E-state index in [1.54, 1.807) is 18.2 Å². The van der Waals surface area contributed by atoms with Gasteiger partial charge in [0.2, 0.25) is 0 Å². The maximum atomic E-state index is 13.0. The molecule has 4 aromatic rings. The molecule has 194 valence electrons. The summed E-state index contributed by atoms with van der Waals surface area (Å²) in [6.07, 6.45) is -0.925. The topological polar surface area (TPSA) is 84.3 Å². The summed E-state index contributed by atoms with van der Waals surface area (Å²) in [6.45, 7) is 2.83. The van der Waals surface area contributed by atoms with E-state index in [0.29, 0.717) is 33.5 Å². The Morgan fingerprint density at radius 1 is 1.11 bits per heavy atom. The van der Waals surface area contributed by atoms with Gasteiger partial charge in [0, 0.05) is 17.7 Å². The number of likely N-dealkylation sites (tertiary alicyclic amines) is 1. The SMILES string of the molecule is O=c1[nH]c(-c2ccc(OCc3sc(-c4ccc(C(F)(F)F)cc4)nc3CN3CCCCC3)cc2Cl)no1. The van der Waals surface area contributed by atoms with E-state index in [1.807, 2.05) is 0 Å². The molecule has 7 nitrogen and oxygen atoms in total. The molecule has 1 saturated heterocycles. The molecule has 0 radical (unpaired) electrons. The summed E-state index contributed by atoms with van der Waals surface area (Å²) in [4.78, 5) is 21.7. The van der Waals surface area contributed by atoms with Gasteiger partial charge in [-0.05, 0) is 56.3 Å². The Kier molecular flexibility index (Phi) is 7.36. The summed E-state index contributed by atoms with van der Waals surface area (Å²) in [5.41, 5.74) is 1.27. The standard InChI is InChI=1S/C25H22ClF3N4O3S/c26-19-12-17(8-9-18(19)22-31-24(34)36-32-22)35-14-21-20(13-33-10-2-1-3-11-33)30-23(37-21)15-4-6-16(7-5-15)25(27,28)29/h4-9,12H,1-3,10-11,13-14H2,(H,31,32,34). The van der Waals surface area contributed by atoms with Crippen molar-refractivity contribution in [3.63, 3.8) is 0 Å². The number of nitrogens with zero attached hydrogens (tertiary/aromatic N) is 3. The molecule has 1 N–H and O–H groups in total. The molecule has 0 saturated carbocycles. The van der Waals surface area contributed by atoms with Crippen molar-refractivity contribution in [3.8, 4) is 27.7 Å². The van der Waals surface area contributed by atoms with Crippen LogP contribution in [0.5, 0.6) is 5.75 Å². The van der Waals surface area contributed by atoms with Crippen molar-refractivity contribution < 1.29 is 22.4 Å².